The molecule has 1 aromatic rings. The summed E-state index contributed by atoms with van der Waals surface area (Å²) in [6.45, 7) is 4.16. The molecule has 0 bridgehead atoms. The van der Waals surface area contributed by atoms with Gasteiger partial charge in [-0.3, -0.25) is 9.69 Å². The Kier molecular flexibility index (Phi) is 4.70. The van der Waals surface area contributed by atoms with Crippen molar-refractivity contribution in [1.29, 1.82) is 0 Å². The maximum absolute atomic E-state index is 11.4. The summed E-state index contributed by atoms with van der Waals surface area (Å²) in [5, 5.41) is 9.34. The van der Waals surface area contributed by atoms with E-state index in [9.17, 15) is 9.90 Å². The van der Waals surface area contributed by atoms with Crippen LogP contribution in [-0.2, 0) is 11.3 Å². The third-order valence-corrected chi connectivity index (χ3v) is 4.53. The second-order valence-corrected chi connectivity index (χ2v) is 6.50. The number of likely N-dealkylation sites (tertiary alicyclic amines) is 1. The van der Waals surface area contributed by atoms with E-state index in [2.05, 4.69) is 20.8 Å². The fourth-order valence-corrected chi connectivity index (χ4v) is 3.31. The van der Waals surface area contributed by atoms with Gasteiger partial charge in [0.15, 0.2) is 0 Å². The number of ether oxygens (including phenoxy) is 1. The molecule has 110 valence electrons. The number of methoxy groups -OCH3 is 1. The lowest BCUT2D eigenvalue weighted by molar-refractivity contribution is -0.151. The minimum Gasteiger partial charge on any atom is -0.496 e. The zero-order valence-corrected chi connectivity index (χ0v) is 13.4. The first-order valence-corrected chi connectivity index (χ1v) is 7.52. The molecule has 5 heteroatoms. The molecular formula is C15H20BrNO3. The highest BCUT2D eigenvalue weighted by molar-refractivity contribution is 9.10. The van der Waals surface area contributed by atoms with E-state index < -0.39 is 11.4 Å². The smallest absolute Gasteiger partial charge is 0.310 e. The third-order valence-electron chi connectivity index (χ3n) is 3.91. The van der Waals surface area contributed by atoms with Gasteiger partial charge >= 0.3 is 5.97 Å². The molecule has 1 fully saturated rings. The molecular weight excluding hydrogens is 322 g/mol. The first kappa shape index (κ1) is 15.3. The Balaban J connectivity index is 2.06. The van der Waals surface area contributed by atoms with E-state index in [1.54, 1.807) is 7.11 Å². The van der Waals surface area contributed by atoms with E-state index in [4.69, 9.17) is 4.74 Å². The zero-order valence-electron chi connectivity index (χ0n) is 11.9. The van der Waals surface area contributed by atoms with E-state index in [1.165, 1.54) is 0 Å². The van der Waals surface area contributed by atoms with E-state index in [0.717, 1.165) is 41.7 Å². The summed E-state index contributed by atoms with van der Waals surface area (Å²) in [6, 6.07) is 5.99. The molecule has 1 aliphatic rings. The van der Waals surface area contributed by atoms with Gasteiger partial charge in [0.2, 0.25) is 0 Å². The number of carboxylic acid groups (broad SMARTS) is 1. The predicted octanol–water partition coefficient (Wildman–Crippen LogP) is 3.14. The number of rotatable bonds is 4. The number of halogens is 1. The zero-order chi connectivity index (χ0) is 14.8. The second-order valence-electron chi connectivity index (χ2n) is 5.65. The molecule has 4 nitrogen and oxygen atoms in total. The summed E-state index contributed by atoms with van der Waals surface area (Å²) in [6.07, 6.45) is 1.69. The summed E-state index contributed by atoms with van der Waals surface area (Å²) < 4.78 is 6.14. The van der Waals surface area contributed by atoms with Crippen molar-refractivity contribution < 1.29 is 14.6 Å². The first-order chi connectivity index (χ1) is 9.44. The second kappa shape index (κ2) is 6.14. The number of aliphatic carboxylic acids is 1. The van der Waals surface area contributed by atoms with Gasteiger partial charge in [-0.2, -0.15) is 0 Å². The Morgan fingerprint density at radius 2 is 2.30 bits per heavy atom. The lowest BCUT2D eigenvalue weighted by Gasteiger charge is -2.37. The van der Waals surface area contributed by atoms with Gasteiger partial charge in [-0.25, -0.2) is 0 Å². The van der Waals surface area contributed by atoms with Gasteiger partial charge in [-0.15, -0.1) is 0 Å². The van der Waals surface area contributed by atoms with Crippen molar-refractivity contribution in [3.05, 3.63) is 28.2 Å². The number of piperidine rings is 1. The fourth-order valence-electron chi connectivity index (χ4n) is 2.72. The van der Waals surface area contributed by atoms with Gasteiger partial charge < -0.3 is 9.84 Å². The Morgan fingerprint density at radius 3 is 2.90 bits per heavy atom. The molecule has 0 aromatic heterocycles. The van der Waals surface area contributed by atoms with Crippen molar-refractivity contribution in [3.8, 4) is 5.75 Å². The minimum atomic E-state index is -0.696. The van der Waals surface area contributed by atoms with Crippen LogP contribution in [-0.4, -0.2) is 36.2 Å². The summed E-state index contributed by atoms with van der Waals surface area (Å²) in [5.74, 6) is 0.112. The van der Waals surface area contributed by atoms with Crippen LogP contribution in [0, 0.1) is 5.41 Å². The molecule has 2 rings (SSSR count). The lowest BCUT2D eigenvalue weighted by Crippen LogP contribution is -2.45. The molecule has 0 saturated carbocycles. The quantitative estimate of drug-likeness (QED) is 0.913. The van der Waals surface area contributed by atoms with E-state index in [-0.39, 0.29) is 0 Å². The van der Waals surface area contributed by atoms with Gasteiger partial charge in [0.05, 0.1) is 17.0 Å². The molecule has 0 aliphatic carbocycles. The van der Waals surface area contributed by atoms with E-state index in [1.807, 2.05) is 25.1 Å². The highest BCUT2D eigenvalue weighted by atomic mass is 79.9. The van der Waals surface area contributed by atoms with Crippen LogP contribution in [0.15, 0.2) is 22.7 Å². The minimum absolute atomic E-state index is 0.603. The van der Waals surface area contributed by atoms with Crippen LogP contribution in [0.4, 0.5) is 0 Å². The molecule has 20 heavy (non-hydrogen) atoms. The van der Waals surface area contributed by atoms with Crippen LogP contribution in [0.1, 0.15) is 25.3 Å². The van der Waals surface area contributed by atoms with Crippen LogP contribution in [0.2, 0.25) is 0 Å². The largest absolute Gasteiger partial charge is 0.496 e. The molecule has 0 spiro atoms. The number of hydrogen-bond donors (Lipinski definition) is 1. The molecule has 1 atom stereocenters. The third kappa shape index (κ3) is 3.33. The van der Waals surface area contributed by atoms with Crippen molar-refractivity contribution in [2.75, 3.05) is 20.2 Å². The normalized spacial score (nSPS) is 23.6. The van der Waals surface area contributed by atoms with Crippen molar-refractivity contribution in [2.24, 2.45) is 5.41 Å². The highest BCUT2D eigenvalue weighted by Gasteiger charge is 2.37. The molecule has 0 radical (unpaired) electrons. The van der Waals surface area contributed by atoms with Gasteiger partial charge in [-0.05, 0) is 59.9 Å². The van der Waals surface area contributed by atoms with Gasteiger partial charge in [0.1, 0.15) is 5.75 Å². The summed E-state index contributed by atoms with van der Waals surface area (Å²) in [5.41, 5.74) is 0.536. The van der Waals surface area contributed by atoms with Crippen molar-refractivity contribution in [1.82, 2.24) is 4.90 Å². The summed E-state index contributed by atoms with van der Waals surface area (Å²) >= 11 is 3.48. The van der Waals surface area contributed by atoms with Crippen LogP contribution < -0.4 is 4.74 Å². The van der Waals surface area contributed by atoms with Crippen molar-refractivity contribution in [3.63, 3.8) is 0 Å². The van der Waals surface area contributed by atoms with E-state index >= 15 is 0 Å². The van der Waals surface area contributed by atoms with Crippen LogP contribution >= 0.6 is 15.9 Å². The van der Waals surface area contributed by atoms with Crippen LogP contribution in [0.5, 0.6) is 5.75 Å². The molecule has 1 aliphatic heterocycles. The van der Waals surface area contributed by atoms with Crippen molar-refractivity contribution in [2.45, 2.75) is 26.3 Å². The molecule has 0 amide bonds. The molecule has 1 heterocycles. The topological polar surface area (TPSA) is 49.8 Å². The average Bonchev–Trinajstić information content (AvgIpc) is 2.39. The Morgan fingerprint density at radius 1 is 1.55 bits per heavy atom. The maximum Gasteiger partial charge on any atom is 0.310 e. The van der Waals surface area contributed by atoms with Gasteiger partial charge in [-0.1, -0.05) is 6.07 Å². The maximum atomic E-state index is 11.4. The molecule has 1 saturated heterocycles. The number of carbonyl (C=O) groups is 1. The number of nitrogens with zero attached hydrogens (tertiary/aromatic N) is 1. The van der Waals surface area contributed by atoms with Gasteiger partial charge in [0.25, 0.3) is 0 Å². The Hall–Kier alpha value is -1.07. The monoisotopic (exact) mass is 341 g/mol. The van der Waals surface area contributed by atoms with E-state index in [0.29, 0.717) is 6.54 Å². The number of hydrogen-bond acceptors (Lipinski definition) is 3. The first-order valence-electron chi connectivity index (χ1n) is 6.73. The van der Waals surface area contributed by atoms with Crippen molar-refractivity contribution >= 4 is 21.9 Å². The Labute approximate surface area is 127 Å². The van der Waals surface area contributed by atoms with Gasteiger partial charge in [0, 0.05) is 13.1 Å². The molecule has 1 aromatic carbocycles. The van der Waals surface area contributed by atoms with Crippen LogP contribution in [0.3, 0.4) is 0 Å². The van der Waals surface area contributed by atoms with Crippen LogP contribution in [0.25, 0.3) is 0 Å². The molecule has 1 unspecified atom stereocenters. The number of carboxylic acids is 1. The summed E-state index contributed by atoms with van der Waals surface area (Å²) in [4.78, 5) is 13.6. The fraction of sp³-hybridized carbons (Fsp3) is 0.533. The predicted molar refractivity (Wildman–Crippen MR) is 80.9 cm³/mol. The number of benzene rings is 1. The summed E-state index contributed by atoms with van der Waals surface area (Å²) in [7, 11) is 1.64. The standard InChI is InChI=1S/C15H20BrNO3/c1-15(14(18)19)6-3-7-17(10-15)9-11-4-5-13(20-2)12(16)8-11/h4-5,8H,3,6-7,9-10H2,1-2H3,(H,18,19). The Bertz CT molecular complexity index is 506. The molecule has 1 N–H and O–H groups in total. The SMILES string of the molecule is COc1ccc(CN2CCCC(C)(C(=O)O)C2)cc1Br. The highest BCUT2D eigenvalue weighted by Crippen LogP contribution is 2.31. The lowest BCUT2D eigenvalue weighted by atomic mass is 9.82. The average molecular weight is 342 g/mol.